The van der Waals surface area contributed by atoms with Crippen LogP contribution in [0.4, 0.5) is 9.59 Å². The number of carbonyl (C=O) groups excluding carboxylic acids is 2. The van der Waals surface area contributed by atoms with Crippen LogP contribution in [0.25, 0.3) is 0 Å². The van der Waals surface area contributed by atoms with Gasteiger partial charge in [0.05, 0.1) is 6.61 Å². The van der Waals surface area contributed by atoms with Crippen molar-refractivity contribution in [2.75, 3.05) is 39.5 Å². The summed E-state index contributed by atoms with van der Waals surface area (Å²) in [5.74, 6) is 0.812. The highest BCUT2D eigenvalue weighted by Gasteiger charge is 2.24. The molecule has 25 heavy (non-hydrogen) atoms. The molecule has 1 heterocycles. The van der Waals surface area contributed by atoms with Gasteiger partial charge in [0.1, 0.15) is 5.75 Å². The summed E-state index contributed by atoms with van der Waals surface area (Å²) < 4.78 is 10.7. The van der Waals surface area contributed by atoms with Crippen LogP contribution in [0, 0.1) is 20.8 Å². The van der Waals surface area contributed by atoms with Crippen molar-refractivity contribution in [1.29, 1.82) is 0 Å². The molecule has 0 bridgehead atoms. The summed E-state index contributed by atoms with van der Waals surface area (Å²) in [5.41, 5.74) is 3.28. The number of hydrogen-bond donors (Lipinski definition) is 1. The summed E-state index contributed by atoms with van der Waals surface area (Å²) in [6.45, 7) is 10.2. The van der Waals surface area contributed by atoms with Crippen LogP contribution in [0.1, 0.15) is 23.6 Å². The molecule has 1 saturated heterocycles. The van der Waals surface area contributed by atoms with E-state index >= 15 is 0 Å². The van der Waals surface area contributed by atoms with E-state index in [4.69, 9.17) is 9.47 Å². The summed E-state index contributed by atoms with van der Waals surface area (Å²) in [6.07, 6.45) is -0.323. The molecule has 1 aliphatic heterocycles. The number of benzene rings is 1. The highest BCUT2D eigenvalue weighted by Crippen LogP contribution is 2.25. The van der Waals surface area contributed by atoms with Crippen molar-refractivity contribution >= 4 is 12.1 Å². The number of nitrogens with one attached hydrogen (secondary N) is 1. The predicted molar refractivity (Wildman–Crippen MR) is 94.8 cm³/mol. The first kappa shape index (κ1) is 18.9. The van der Waals surface area contributed by atoms with Crippen molar-refractivity contribution in [2.24, 2.45) is 0 Å². The number of urea groups is 1. The van der Waals surface area contributed by atoms with Gasteiger partial charge in [-0.05, 0) is 44.4 Å². The Labute approximate surface area is 148 Å². The molecule has 1 aromatic rings. The van der Waals surface area contributed by atoms with Crippen molar-refractivity contribution in [1.82, 2.24) is 15.1 Å². The monoisotopic (exact) mass is 349 g/mol. The predicted octanol–water partition coefficient (Wildman–Crippen LogP) is 2.43. The molecule has 0 aliphatic carbocycles. The van der Waals surface area contributed by atoms with Crippen molar-refractivity contribution in [3.63, 3.8) is 0 Å². The third-order valence-electron chi connectivity index (χ3n) is 4.41. The fraction of sp³-hybridized carbons (Fsp3) is 0.556. The molecule has 7 heteroatoms. The van der Waals surface area contributed by atoms with Crippen molar-refractivity contribution in [3.8, 4) is 5.75 Å². The van der Waals surface area contributed by atoms with Gasteiger partial charge in [0.2, 0.25) is 0 Å². The Kier molecular flexibility index (Phi) is 6.50. The van der Waals surface area contributed by atoms with Gasteiger partial charge in [-0.3, -0.25) is 0 Å². The van der Waals surface area contributed by atoms with E-state index in [1.54, 1.807) is 16.7 Å². The van der Waals surface area contributed by atoms with E-state index < -0.39 is 0 Å². The average molecular weight is 349 g/mol. The molecular weight excluding hydrogens is 322 g/mol. The summed E-state index contributed by atoms with van der Waals surface area (Å²) in [5, 5.41) is 2.77. The quantitative estimate of drug-likeness (QED) is 0.848. The highest BCUT2D eigenvalue weighted by molar-refractivity contribution is 5.74. The molecule has 2 rings (SSSR count). The molecule has 1 aliphatic rings. The Bertz CT molecular complexity index is 625. The standard InChI is InChI=1S/C18H27N3O4/c1-5-24-18(23)21-10-8-20(9-11-21)17(22)19-12-25-16-14(3)7-6-13(2)15(16)4/h6-7H,5,8-12H2,1-4H3,(H,19,22). The van der Waals surface area contributed by atoms with Crippen LogP contribution in [0.15, 0.2) is 12.1 Å². The second-order valence-electron chi connectivity index (χ2n) is 6.10. The Morgan fingerprint density at radius 3 is 2.28 bits per heavy atom. The zero-order valence-electron chi connectivity index (χ0n) is 15.4. The molecule has 1 N–H and O–H groups in total. The van der Waals surface area contributed by atoms with Crippen LogP contribution >= 0.6 is 0 Å². The zero-order chi connectivity index (χ0) is 18.4. The van der Waals surface area contributed by atoms with Crippen LogP contribution in [0.2, 0.25) is 0 Å². The molecule has 0 aromatic heterocycles. The first-order valence-electron chi connectivity index (χ1n) is 8.58. The van der Waals surface area contributed by atoms with Crippen molar-refractivity contribution in [2.45, 2.75) is 27.7 Å². The molecular formula is C18H27N3O4. The summed E-state index contributed by atoms with van der Waals surface area (Å²) >= 11 is 0. The molecule has 7 nitrogen and oxygen atoms in total. The Balaban J connectivity index is 1.79. The smallest absolute Gasteiger partial charge is 0.409 e. The summed E-state index contributed by atoms with van der Waals surface area (Å²) in [7, 11) is 0. The van der Waals surface area contributed by atoms with Crippen molar-refractivity contribution < 1.29 is 19.1 Å². The fourth-order valence-corrected chi connectivity index (χ4v) is 2.74. The first-order chi connectivity index (χ1) is 11.9. The van der Waals surface area contributed by atoms with Gasteiger partial charge in [-0.25, -0.2) is 9.59 Å². The molecule has 0 radical (unpaired) electrons. The van der Waals surface area contributed by atoms with Gasteiger partial charge in [0.25, 0.3) is 0 Å². The number of piperazine rings is 1. The first-order valence-corrected chi connectivity index (χ1v) is 8.58. The minimum atomic E-state index is -0.323. The third-order valence-corrected chi connectivity index (χ3v) is 4.41. The number of amides is 3. The average Bonchev–Trinajstić information content (AvgIpc) is 2.61. The third kappa shape index (κ3) is 4.78. The lowest BCUT2D eigenvalue weighted by molar-refractivity contribution is 0.0842. The minimum absolute atomic E-state index is 0.113. The molecule has 138 valence electrons. The van der Waals surface area contributed by atoms with Gasteiger partial charge < -0.3 is 24.6 Å². The largest absolute Gasteiger partial charge is 0.473 e. The van der Waals surface area contributed by atoms with E-state index in [-0.39, 0.29) is 18.9 Å². The molecule has 1 aromatic carbocycles. The SMILES string of the molecule is CCOC(=O)N1CCN(C(=O)NCOc2c(C)ccc(C)c2C)CC1. The zero-order valence-corrected chi connectivity index (χ0v) is 15.4. The molecule has 0 spiro atoms. The van der Waals surface area contributed by atoms with Crippen molar-refractivity contribution in [3.05, 3.63) is 28.8 Å². The maximum absolute atomic E-state index is 12.2. The van der Waals surface area contributed by atoms with Crippen LogP contribution in [0.5, 0.6) is 5.75 Å². The van der Waals surface area contributed by atoms with Gasteiger partial charge in [0.15, 0.2) is 6.73 Å². The minimum Gasteiger partial charge on any atom is -0.473 e. The number of ether oxygens (including phenoxy) is 2. The lowest BCUT2D eigenvalue weighted by Gasteiger charge is -2.34. The van der Waals surface area contributed by atoms with E-state index in [9.17, 15) is 9.59 Å². The summed E-state index contributed by atoms with van der Waals surface area (Å²) in [6, 6.07) is 3.87. The Morgan fingerprint density at radius 1 is 1.04 bits per heavy atom. The van der Waals surface area contributed by atoms with Gasteiger partial charge in [-0.15, -0.1) is 0 Å². The van der Waals surface area contributed by atoms with E-state index in [2.05, 4.69) is 11.4 Å². The van der Waals surface area contributed by atoms with E-state index in [0.29, 0.717) is 32.8 Å². The van der Waals surface area contributed by atoms with Crippen LogP contribution < -0.4 is 10.1 Å². The maximum atomic E-state index is 12.2. The van der Waals surface area contributed by atoms with Crippen LogP contribution in [-0.4, -0.2) is 61.4 Å². The maximum Gasteiger partial charge on any atom is 0.409 e. The van der Waals surface area contributed by atoms with E-state index in [1.807, 2.05) is 26.8 Å². The second-order valence-corrected chi connectivity index (χ2v) is 6.10. The van der Waals surface area contributed by atoms with Crippen LogP contribution in [-0.2, 0) is 4.74 Å². The number of nitrogens with zero attached hydrogens (tertiary/aromatic N) is 2. The number of carbonyl (C=O) groups is 2. The van der Waals surface area contributed by atoms with E-state index in [0.717, 1.165) is 22.4 Å². The lowest BCUT2D eigenvalue weighted by Crippen LogP contribution is -2.53. The normalized spacial score (nSPS) is 14.2. The molecule has 3 amide bonds. The fourth-order valence-electron chi connectivity index (χ4n) is 2.74. The second kappa shape index (κ2) is 8.60. The molecule has 0 saturated carbocycles. The van der Waals surface area contributed by atoms with E-state index in [1.165, 1.54) is 0 Å². The Hall–Kier alpha value is -2.44. The summed E-state index contributed by atoms with van der Waals surface area (Å²) in [4.78, 5) is 27.2. The van der Waals surface area contributed by atoms with Gasteiger partial charge >= 0.3 is 12.1 Å². The topological polar surface area (TPSA) is 71.1 Å². The van der Waals surface area contributed by atoms with Gasteiger partial charge in [-0.2, -0.15) is 0 Å². The number of hydrogen-bond acceptors (Lipinski definition) is 4. The number of rotatable bonds is 4. The van der Waals surface area contributed by atoms with Gasteiger partial charge in [0, 0.05) is 26.2 Å². The van der Waals surface area contributed by atoms with Crippen LogP contribution in [0.3, 0.4) is 0 Å². The molecule has 0 atom stereocenters. The molecule has 1 fully saturated rings. The highest BCUT2D eigenvalue weighted by atomic mass is 16.6. The van der Waals surface area contributed by atoms with Gasteiger partial charge in [-0.1, -0.05) is 12.1 Å². The molecule has 0 unspecified atom stereocenters. The number of aryl methyl sites for hydroxylation is 2. The lowest BCUT2D eigenvalue weighted by atomic mass is 10.1. The Morgan fingerprint density at radius 2 is 1.64 bits per heavy atom.